The lowest BCUT2D eigenvalue weighted by molar-refractivity contribution is 0.0742. The Balaban J connectivity index is 1.30. The second kappa shape index (κ2) is 8.74. The molecule has 0 spiro atoms. The van der Waals surface area contributed by atoms with Gasteiger partial charge in [0.25, 0.3) is 5.91 Å². The lowest BCUT2D eigenvalue weighted by Crippen LogP contribution is -2.49. The number of rotatable bonds is 4. The van der Waals surface area contributed by atoms with Crippen LogP contribution in [-0.4, -0.2) is 47.0 Å². The second-order valence-corrected chi connectivity index (χ2v) is 7.79. The number of piperazine rings is 1. The lowest BCUT2D eigenvalue weighted by Gasteiger charge is -2.35. The number of ether oxygens (including phenoxy) is 1. The van der Waals surface area contributed by atoms with Gasteiger partial charge in [-0.2, -0.15) is 4.98 Å². The number of nitrogens with zero attached hydrogens (tertiary/aromatic N) is 4. The Hall–Kier alpha value is -4.20. The SMILES string of the molecule is Cc1nc(Oc2ccccc2)cc(N2CCN(C(=O)c3cc4ccccc4oc3=O)CC2)n1. The summed E-state index contributed by atoms with van der Waals surface area (Å²) in [5.74, 6) is 2.19. The van der Waals surface area contributed by atoms with Crippen LogP contribution in [0.25, 0.3) is 11.0 Å². The molecule has 2 aromatic heterocycles. The van der Waals surface area contributed by atoms with Crippen LogP contribution in [0.5, 0.6) is 11.6 Å². The van der Waals surface area contributed by atoms with E-state index in [1.807, 2.05) is 49.4 Å². The Morgan fingerprint density at radius 2 is 1.67 bits per heavy atom. The highest BCUT2D eigenvalue weighted by atomic mass is 16.5. The molecule has 2 aromatic carbocycles. The van der Waals surface area contributed by atoms with Crippen molar-refractivity contribution in [2.45, 2.75) is 6.92 Å². The fraction of sp³-hybridized carbons (Fsp3) is 0.200. The normalized spacial score (nSPS) is 13.8. The van der Waals surface area contributed by atoms with E-state index in [1.165, 1.54) is 0 Å². The van der Waals surface area contributed by atoms with Crippen LogP contribution in [-0.2, 0) is 0 Å². The molecule has 0 bridgehead atoms. The number of amides is 1. The first-order valence-corrected chi connectivity index (χ1v) is 10.7. The molecule has 4 aromatic rings. The molecule has 0 atom stereocenters. The molecule has 0 radical (unpaired) electrons. The van der Waals surface area contributed by atoms with E-state index in [-0.39, 0.29) is 11.5 Å². The highest BCUT2D eigenvalue weighted by Gasteiger charge is 2.26. The number of fused-ring (bicyclic) bond motifs is 1. The van der Waals surface area contributed by atoms with Gasteiger partial charge in [-0.25, -0.2) is 9.78 Å². The van der Waals surface area contributed by atoms with E-state index in [9.17, 15) is 9.59 Å². The maximum Gasteiger partial charge on any atom is 0.349 e. The standard InChI is InChI=1S/C25H22N4O4/c1-17-26-22(16-23(27-17)32-19-8-3-2-4-9-19)28-11-13-29(14-12-28)24(30)20-15-18-7-5-6-10-21(18)33-25(20)31/h2-10,15-16H,11-14H2,1H3. The van der Waals surface area contributed by atoms with Crippen molar-refractivity contribution in [1.82, 2.24) is 14.9 Å². The van der Waals surface area contributed by atoms with Crippen LogP contribution < -0.4 is 15.3 Å². The van der Waals surface area contributed by atoms with Crippen molar-refractivity contribution in [2.75, 3.05) is 31.1 Å². The molecule has 8 nitrogen and oxygen atoms in total. The maximum absolute atomic E-state index is 13.0. The summed E-state index contributed by atoms with van der Waals surface area (Å²) in [5.41, 5.74) is -0.0923. The average molecular weight is 442 g/mol. The van der Waals surface area contributed by atoms with Crippen LogP contribution in [0.15, 0.2) is 75.9 Å². The molecule has 0 saturated carbocycles. The molecule has 166 valence electrons. The van der Waals surface area contributed by atoms with Crippen molar-refractivity contribution < 1.29 is 13.9 Å². The van der Waals surface area contributed by atoms with E-state index in [1.54, 1.807) is 29.2 Å². The molecule has 0 aliphatic carbocycles. The Kier molecular flexibility index (Phi) is 5.48. The second-order valence-electron chi connectivity index (χ2n) is 7.79. The van der Waals surface area contributed by atoms with Gasteiger partial charge in [0, 0.05) is 37.6 Å². The molecule has 5 rings (SSSR count). The van der Waals surface area contributed by atoms with E-state index in [4.69, 9.17) is 9.15 Å². The fourth-order valence-electron chi connectivity index (χ4n) is 3.87. The van der Waals surface area contributed by atoms with Crippen LogP contribution >= 0.6 is 0 Å². The van der Waals surface area contributed by atoms with E-state index in [2.05, 4.69) is 14.9 Å². The zero-order valence-corrected chi connectivity index (χ0v) is 18.1. The third kappa shape index (κ3) is 4.41. The fourth-order valence-corrected chi connectivity index (χ4v) is 3.87. The number of aromatic nitrogens is 2. The minimum Gasteiger partial charge on any atom is -0.439 e. The van der Waals surface area contributed by atoms with Gasteiger partial charge in [0.1, 0.15) is 28.5 Å². The number of aryl methyl sites for hydroxylation is 1. The topological polar surface area (TPSA) is 88.8 Å². The molecule has 3 heterocycles. The minimum absolute atomic E-state index is 0.0542. The highest BCUT2D eigenvalue weighted by molar-refractivity contribution is 5.96. The average Bonchev–Trinajstić information content (AvgIpc) is 2.83. The third-order valence-electron chi connectivity index (χ3n) is 5.53. The van der Waals surface area contributed by atoms with Crippen molar-refractivity contribution in [2.24, 2.45) is 0 Å². The predicted molar refractivity (Wildman–Crippen MR) is 124 cm³/mol. The maximum atomic E-state index is 13.0. The van der Waals surface area contributed by atoms with Crippen LogP contribution in [0.1, 0.15) is 16.2 Å². The van der Waals surface area contributed by atoms with Crippen molar-refractivity contribution in [3.05, 3.63) is 88.5 Å². The molecule has 1 aliphatic rings. The summed E-state index contributed by atoms with van der Waals surface area (Å²) >= 11 is 0. The zero-order chi connectivity index (χ0) is 22.8. The number of anilines is 1. The van der Waals surface area contributed by atoms with Gasteiger partial charge in [0.2, 0.25) is 5.88 Å². The molecule has 0 N–H and O–H groups in total. The van der Waals surface area contributed by atoms with E-state index in [0.717, 1.165) is 11.2 Å². The molecule has 1 fully saturated rings. The summed E-state index contributed by atoms with van der Waals surface area (Å²) in [4.78, 5) is 38.1. The highest BCUT2D eigenvalue weighted by Crippen LogP contribution is 2.24. The Morgan fingerprint density at radius 1 is 0.939 bits per heavy atom. The molecule has 33 heavy (non-hydrogen) atoms. The number of benzene rings is 2. The lowest BCUT2D eigenvalue weighted by atomic mass is 10.1. The summed E-state index contributed by atoms with van der Waals surface area (Å²) in [7, 11) is 0. The Bertz CT molecular complexity index is 1360. The number of hydrogen-bond donors (Lipinski definition) is 0. The Labute approximate surface area is 190 Å². The van der Waals surface area contributed by atoms with Crippen molar-refractivity contribution >= 4 is 22.7 Å². The molecule has 8 heteroatoms. The quantitative estimate of drug-likeness (QED) is 0.446. The van der Waals surface area contributed by atoms with E-state index in [0.29, 0.717) is 49.2 Å². The summed E-state index contributed by atoms with van der Waals surface area (Å²) in [6.45, 7) is 3.89. The monoisotopic (exact) mass is 442 g/mol. The summed E-state index contributed by atoms with van der Waals surface area (Å²) in [6.07, 6.45) is 0. The number of hydrogen-bond acceptors (Lipinski definition) is 7. The largest absolute Gasteiger partial charge is 0.439 e. The van der Waals surface area contributed by atoms with Crippen molar-refractivity contribution in [3.8, 4) is 11.6 Å². The molecule has 0 unspecified atom stereocenters. The number of carbonyl (C=O) groups is 1. The molecule has 1 amide bonds. The first-order chi connectivity index (χ1) is 16.1. The Morgan fingerprint density at radius 3 is 2.45 bits per heavy atom. The third-order valence-corrected chi connectivity index (χ3v) is 5.53. The first kappa shape index (κ1) is 20.7. The number of para-hydroxylation sites is 2. The zero-order valence-electron chi connectivity index (χ0n) is 18.1. The van der Waals surface area contributed by atoms with Crippen molar-refractivity contribution in [3.63, 3.8) is 0 Å². The summed E-state index contributed by atoms with van der Waals surface area (Å²) < 4.78 is 11.2. The van der Waals surface area contributed by atoms with Gasteiger partial charge in [-0.3, -0.25) is 4.79 Å². The van der Waals surface area contributed by atoms with Gasteiger partial charge in [0.05, 0.1) is 0 Å². The molecular formula is C25H22N4O4. The van der Waals surface area contributed by atoms with Gasteiger partial charge in [0.15, 0.2) is 0 Å². The van der Waals surface area contributed by atoms with Crippen LogP contribution in [0, 0.1) is 6.92 Å². The minimum atomic E-state index is -0.616. The molecule has 1 aliphatic heterocycles. The van der Waals surface area contributed by atoms with Gasteiger partial charge < -0.3 is 19.0 Å². The predicted octanol–water partition coefficient (Wildman–Crippen LogP) is 3.65. The molecular weight excluding hydrogens is 420 g/mol. The smallest absolute Gasteiger partial charge is 0.349 e. The molecule has 1 saturated heterocycles. The first-order valence-electron chi connectivity index (χ1n) is 10.7. The van der Waals surface area contributed by atoms with Crippen LogP contribution in [0.3, 0.4) is 0 Å². The van der Waals surface area contributed by atoms with Gasteiger partial charge in [-0.1, -0.05) is 36.4 Å². The van der Waals surface area contributed by atoms with Gasteiger partial charge >= 0.3 is 5.63 Å². The summed E-state index contributed by atoms with van der Waals surface area (Å²) in [6, 6.07) is 20.0. The summed E-state index contributed by atoms with van der Waals surface area (Å²) in [5, 5.41) is 0.724. The van der Waals surface area contributed by atoms with Crippen molar-refractivity contribution in [1.29, 1.82) is 0 Å². The van der Waals surface area contributed by atoms with E-state index < -0.39 is 5.63 Å². The van der Waals surface area contributed by atoms with Crippen LogP contribution in [0.2, 0.25) is 0 Å². The van der Waals surface area contributed by atoms with Gasteiger partial charge in [-0.05, 0) is 31.2 Å². The van der Waals surface area contributed by atoms with Crippen LogP contribution in [0.4, 0.5) is 5.82 Å². The van der Waals surface area contributed by atoms with Gasteiger partial charge in [-0.15, -0.1) is 0 Å². The number of carbonyl (C=O) groups excluding carboxylic acids is 1. The van der Waals surface area contributed by atoms with E-state index >= 15 is 0 Å².